The number of hydrogen-bond acceptors (Lipinski definition) is 6. The first-order valence-corrected chi connectivity index (χ1v) is 9.43. The minimum Gasteiger partial charge on any atom is -0.490 e. The van der Waals surface area contributed by atoms with Gasteiger partial charge in [-0.2, -0.15) is 0 Å². The van der Waals surface area contributed by atoms with Gasteiger partial charge in [-0.1, -0.05) is 6.07 Å². The van der Waals surface area contributed by atoms with E-state index in [0.717, 1.165) is 25.7 Å². The summed E-state index contributed by atoms with van der Waals surface area (Å²) >= 11 is 0. The monoisotopic (exact) mass is 386 g/mol. The van der Waals surface area contributed by atoms with Crippen molar-refractivity contribution in [2.24, 2.45) is 0 Å². The largest absolute Gasteiger partial charge is 0.490 e. The summed E-state index contributed by atoms with van der Waals surface area (Å²) in [6, 6.07) is 5.57. The number of pyridine rings is 1. The molecule has 150 valence electrons. The Bertz CT molecular complexity index is 891. The highest BCUT2D eigenvalue weighted by atomic mass is 16.5. The standard InChI is InChI=1S/C20H26N4O4/c1-11-17(20(26)27)19(21)18-14(23-11)4-3-5-15(18)28-13-8-6-12(7-9-13)24-16(25)10-22-2/h3-5,12-13,22H,6-10H2,1-2H3,(H2,21,23)(H,24,25)(H,26,27)/t12-,13-. The smallest absolute Gasteiger partial charge is 0.339 e. The predicted octanol–water partition coefficient (Wildman–Crippen LogP) is 1.85. The predicted molar refractivity (Wildman–Crippen MR) is 107 cm³/mol. The highest BCUT2D eigenvalue weighted by molar-refractivity contribution is 6.06. The van der Waals surface area contributed by atoms with E-state index in [4.69, 9.17) is 10.5 Å². The lowest BCUT2D eigenvalue weighted by molar-refractivity contribution is -0.121. The molecule has 0 saturated heterocycles. The molecule has 8 nitrogen and oxygen atoms in total. The van der Waals surface area contributed by atoms with Gasteiger partial charge in [-0.15, -0.1) is 0 Å². The molecule has 8 heteroatoms. The van der Waals surface area contributed by atoms with Crippen molar-refractivity contribution in [3.05, 3.63) is 29.5 Å². The van der Waals surface area contributed by atoms with Gasteiger partial charge in [0, 0.05) is 6.04 Å². The van der Waals surface area contributed by atoms with Crippen LogP contribution in [0.25, 0.3) is 10.9 Å². The molecule has 0 unspecified atom stereocenters. The molecule has 0 bridgehead atoms. The Labute approximate surface area is 163 Å². The number of fused-ring (bicyclic) bond motifs is 1. The molecule has 0 atom stereocenters. The van der Waals surface area contributed by atoms with E-state index in [0.29, 0.717) is 28.9 Å². The zero-order chi connectivity index (χ0) is 20.3. The Morgan fingerprint density at radius 2 is 2.00 bits per heavy atom. The molecule has 1 aliphatic rings. The number of rotatable bonds is 6. The molecular weight excluding hydrogens is 360 g/mol. The number of benzene rings is 1. The number of carbonyl (C=O) groups is 2. The van der Waals surface area contributed by atoms with E-state index in [2.05, 4.69) is 15.6 Å². The molecule has 1 saturated carbocycles. The molecule has 1 aliphatic carbocycles. The third kappa shape index (κ3) is 4.17. The number of aryl methyl sites for hydroxylation is 1. The molecule has 28 heavy (non-hydrogen) atoms. The Kier molecular flexibility index (Phi) is 5.99. The van der Waals surface area contributed by atoms with Crippen LogP contribution in [-0.4, -0.2) is 47.7 Å². The van der Waals surface area contributed by atoms with E-state index >= 15 is 0 Å². The maximum absolute atomic E-state index is 11.7. The van der Waals surface area contributed by atoms with Crippen LogP contribution in [0.2, 0.25) is 0 Å². The number of likely N-dealkylation sites (N-methyl/N-ethyl adjacent to an activating group) is 1. The summed E-state index contributed by atoms with van der Waals surface area (Å²) < 4.78 is 6.19. The van der Waals surface area contributed by atoms with E-state index in [1.54, 1.807) is 26.1 Å². The minimum atomic E-state index is -1.10. The number of carbonyl (C=O) groups excluding carboxylic acids is 1. The van der Waals surface area contributed by atoms with Crippen molar-refractivity contribution in [3.8, 4) is 5.75 Å². The Hall–Kier alpha value is -2.87. The van der Waals surface area contributed by atoms with Crippen LogP contribution in [0.15, 0.2) is 18.2 Å². The zero-order valence-electron chi connectivity index (χ0n) is 16.1. The Morgan fingerprint density at radius 1 is 1.29 bits per heavy atom. The maximum Gasteiger partial charge on any atom is 0.339 e. The lowest BCUT2D eigenvalue weighted by Crippen LogP contribution is -2.42. The minimum absolute atomic E-state index is 0.00339. The van der Waals surface area contributed by atoms with Crippen LogP contribution in [0.1, 0.15) is 41.7 Å². The van der Waals surface area contributed by atoms with E-state index < -0.39 is 5.97 Å². The number of nitrogens with zero attached hydrogens (tertiary/aromatic N) is 1. The third-order valence-corrected chi connectivity index (χ3v) is 5.08. The van der Waals surface area contributed by atoms with Crippen molar-refractivity contribution in [2.75, 3.05) is 19.3 Å². The van der Waals surface area contributed by atoms with Crippen LogP contribution >= 0.6 is 0 Å². The number of aromatic carboxylic acids is 1. The van der Waals surface area contributed by atoms with Crippen LogP contribution in [0.3, 0.4) is 0 Å². The van der Waals surface area contributed by atoms with E-state index in [9.17, 15) is 14.7 Å². The molecular formula is C20H26N4O4. The molecule has 0 spiro atoms. The fourth-order valence-corrected chi connectivity index (χ4v) is 3.75. The number of carboxylic acid groups (broad SMARTS) is 1. The lowest BCUT2D eigenvalue weighted by atomic mass is 9.92. The van der Waals surface area contributed by atoms with E-state index in [-0.39, 0.29) is 29.3 Å². The van der Waals surface area contributed by atoms with Gasteiger partial charge in [-0.25, -0.2) is 4.79 Å². The van der Waals surface area contributed by atoms with Crippen molar-refractivity contribution in [1.29, 1.82) is 0 Å². The van der Waals surface area contributed by atoms with Gasteiger partial charge in [-0.05, 0) is 51.8 Å². The molecule has 1 amide bonds. The summed E-state index contributed by atoms with van der Waals surface area (Å²) in [4.78, 5) is 27.6. The molecule has 1 fully saturated rings. The summed E-state index contributed by atoms with van der Waals surface area (Å²) in [6.45, 7) is 1.94. The first kappa shape index (κ1) is 19.9. The van der Waals surface area contributed by atoms with Gasteiger partial charge >= 0.3 is 5.97 Å². The SMILES string of the molecule is CNCC(=O)N[C@H]1CC[C@H](Oc2cccc3nc(C)c(C(=O)O)c(N)c23)CC1. The average Bonchev–Trinajstić information content (AvgIpc) is 2.63. The number of hydrogen-bond donors (Lipinski definition) is 4. The number of amides is 1. The van der Waals surface area contributed by atoms with Crippen LogP contribution in [0.4, 0.5) is 5.69 Å². The van der Waals surface area contributed by atoms with Crippen LogP contribution in [0.5, 0.6) is 5.75 Å². The first-order chi connectivity index (χ1) is 13.4. The number of nitrogens with two attached hydrogens (primary N) is 1. The van der Waals surface area contributed by atoms with Crippen LogP contribution in [0, 0.1) is 6.92 Å². The Balaban J connectivity index is 1.76. The van der Waals surface area contributed by atoms with Crippen molar-refractivity contribution >= 4 is 28.5 Å². The Morgan fingerprint density at radius 3 is 2.64 bits per heavy atom. The molecule has 0 radical (unpaired) electrons. The van der Waals surface area contributed by atoms with Crippen LogP contribution < -0.4 is 21.1 Å². The summed E-state index contributed by atoms with van der Waals surface area (Å²) in [5.74, 6) is -0.555. The highest BCUT2D eigenvalue weighted by Gasteiger charge is 2.25. The van der Waals surface area contributed by atoms with Crippen LogP contribution in [-0.2, 0) is 4.79 Å². The topological polar surface area (TPSA) is 127 Å². The van der Waals surface area contributed by atoms with Crippen molar-refractivity contribution in [3.63, 3.8) is 0 Å². The van der Waals surface area contributed by atoms with Gasteiger partial charge in [0.05, 0.1) is 34.9 Å². The van der Waals surface area contributed by atoms with Crippen molar-refractivity contribution in [2.45, 2.75) is 44.8 Å². The summed E-state index contributed by atoms with van der Waals surface area (Å²) in [6.07, 6.45) is 3.24. The second-order valence-corrected chi connectivity index (χ2v) is 7.13. The van der Waals surface area contributed by atoms with Gasteiger partial charge in [0.2, 0.25) is 5.91 Å². The summed E-state index contributed by atoms with van der Waals surface area (Å²) in [7, 11) is 1.74. The third-order valence-electron chi connectivity index (χ3n) is 5.08. The number of nitrogen functional groups attached to an aromatic ring is 1. The molecule has 1 aromatic heterocycles. The van der Waals surface area contributed by atoms with Gasteiger partial charge < -0.3 is 26.2 Å². The molecule has 3 rings (SSSR count). The molecule has 5 N–H and O–H groups in total. The number of carboxylic acids is 1. The summed E-state index contributed by atoms with van der Waals surface area (Å²) in [5.41, 5.74) is 7.37. The molecule has 1 heterocycles. The second-order valence-electron chi connectivity index (χ2n) is 7.13. The molecule has 2 aromatic rings. The lowest BCUT2D eigenvalue weighted by Gasteiger charge is -2.30. The fourth-order valence-electron chi connectivity index (χ4n) is 3.75. The van der Waals surface area contributed by atoms with Gasteiger partial charge in [0.15, 0.2) is 0 Å². The number of nitrogens with one attached hydrogen (secondary N) is 2. The van der Waals surface area contributed by atoms with E-state index in [1.165, 1.54) is 0 Å². The second kappa shape index (κ2) is 8.43. The first-order valence-electron chi connectivity index (χ1n) is 9.43. The van der Waals surface area contributed by atoms with Gasteiger partial charge in [0.1, 0.15) is 11.3 Å². The molecule has 0 aliphatic heterocycles. The number of ether oxygens (including phenoxy) is 1. The average molecular weight is 386 g/mol. The quantitative estimate of drug-likeness (QED) is 0.597. The zero-order valence-corrected chi connectivity index (χ0v) is 16.1. The highest BCUT2D eigenvalue weighted by Crippen LogP contribution is 2.35. The van der Waals surface area contributed by atoms with Crippen molar-refractivity contribution in [1.82, 2.24) is 15.6 Å². The summed E-state index contributed by atoms with van der Waals surface area (Å²) in [5, 5.41) is 15.9. The van der Waals surface area contributed by atoms with Crippen molar-refractivity contribution < 1.29 is 19.4 Å². The van der Waals surface area contributed by atoms with Gasteiger partial charge in [-0.3, -0.25) is 9.78 Å². The van der Waals surface area contributed by atoms with Gasteiger partial charge in [0.25, 0.3) is 0 Å². The normalized spacial score (nSPS) is 19.4. The molecule has 1 aromatic carbocycles. The number of anilines is 1. The maximum atomic E-state index is 11.7. The number of aromatic nitrogens is 1. The fraction of sp³-hybridized carbons (Fsp3) is 0.450. The van der Waals surface area contributed by atoms with E-state index in [1.807, 2.05) is 6.07 Å².